The second kappa shape index (κ2) is 34.2. The van der Waals surface area contributed by atoms with E-state index in [1.54, 1.807) is 119 Å². The van der Waals surface area contributed by atoms with Crippen LogP contribution in [0.4, 0.5) is 21.2 Å². The SMILES string of the molecule is CC(C)(C)OC(=O)CCC(CO)(OC[C@H]1O[C@@H](n2ncc3c(N(C(=O)OC(C)(C)C)C4CCCC4)nc(Cl)nc32)[C@@H]2OC(C)(C)O[C@@H]21)P(C)(C)=O.CCOC(=O)C(CCC(=O)OC(C)(C)C)(OC[C@H]1O[C@@H](n2ncc3c(N(C(=O)OC(C)(C)C)C4CCCC4)nc(Cl)nc32)[C@@H]2OC(C)(C)O[C@@H]21)P(C)(C)=O.[B].[H-].[Na+]. The molecule has 1 N–H and O–H groups in total. The largest absolute Gasteiger partial charge is 1.00 e. The number of hydrogen-bond donors (Lipinski definition) is 1. The minimum absolute atomic E-state index is 0. The van der Waals surface area contributed by atoms with Crippen LogP contribution in [0, 0.1) is 0 Å². The maximum Gasteiger partial charge on any atom is 1.00 e. The third kappa shape index (κ3) is 21.4. The van der Waals surface area contributed by atoms with Crippen LogP contribution < -0.4 is 39.4 Å². The van der Waals surface area contributed by atoms with Crippen molar-refractivity contribution in [2.45, 2.75) is 301 Å². The molecule has 10 atom stereocenters. The molecule has 4 aromatic heterocycles. The fraction of sp³-hybridized carbons (Fsp3) is 0.786. The number of fused-ring (bicyclic) bond motifs is 4. The van der Waals surface area contributed by atoms with E-state index in [0.29, 0.717) is 16.4 Å². The summed E-state index contributed by atoms with van der Waals surface area (Å²) in [5, 5.41) is 17.0. The zero-order valence-electron chi connectivity index (χ0n) is 67.1. The van der Waals surface area contributed by atoms with Crippen LogP contribution in [0.1, 0.15) is 209 Å². The molecule has 2 amide bonds. The Kier molecular flexibility index (Phi) is 28.8. The Balaban J connectivity index is 0.000000329. The minimum Gasteiger partial charge on any atom is -1.00 e. The number of carbonyl (C=O) groups excluding carboxylic acids is 5. The molecule has 4 aliphatic heterocycles. The zero-order valence-corrected chi connectivity index (χ0v) is 71.4. The molecule has 107 heavy (non-hydrogen) atoms. The van der Waals surface area contributed by atoms with E-state index in [4.69, 9.17) is 84.8 Å². The van der Waals surface area contributed by atoms with Crippen LogP contribution in [-0.2, 0) is 85.1 Å². The van der Waals surface area contributed by atoms with Gasteiger partial charge in [-0.25, -0.2) is 23.7 Å². The minimum atomic E-state index is -3.48. The van der Waals surface area contributed by atoms with Gasteiger partial charge in [-0.05, 0) is 200 Å². The molecular weight excluding hydrogens is 1480 g/mol. The number of aliphatic hydroxyl groups is 1. The summed E-state index contributed by atoms with van der Waals surface area (Å²) in [4.78, 5) is 87.6. The number of anilines is 2. The summed E-state index contributed by atoms with van der Waals surface area (Å²) in [6.07, 6.45) is 1.96. The Morgan fingerprint density at radius 1 is 0.579 bits per heavy atom. The number of hydrogen-bond acceptors (Lipinski definition) is 27. The van der Waals surface area contributed by atoms with E-state index in [1.807, 2.05) is 20.8 Å². The van der Waals surface area contributed by atoms with Crippen LogP contribution in [0.25, 0.3) is 22.1 Å². The Morgan fingerprint density at radius 3 is 1.29 bits per heavy atom. The first-order valence-electron chi connectivity index (χ1n) is 36.0. The fourth-order valence-corrected chi connectivity index (χ4v) is 17.2. The van der Waals surface area contributed by atoms with Crippen molar-refractivity contribution in [2.24, 2.45) is 0 Å². The molecule has 4 aromatic rings. The predicted molar refractivity (Wildman–Crippen MR) is 395 cm³/mol. The molecule has 0 spiro atoms. The number of carbonyl (C=O) groups is 5. The van der Waals surface area contributed by atoms with Crippen molar-refractivity contribution >= 4 is 110 Å². The average molecular weight is 1590 g/mol. The summed E-state index contributed by atoms with van der Waals surface area (Å²) in [7, 11) is -6.65. The molecule has 3 radical (unpaired) electrons. The van der Waals surface area contributed by atoms with E-state index in [2.05, 4.69) is 30.1 Å². The molecule has 2 aliphatic carbocycles. The number of aliphatic hydroxyl groups excluding tert-OH is 1. The Labute approximate surface area is 662 Å². The maximum atomic E-state index is 14.0. The van der Waals surface area contributed by atoms with Crippen molar-refractivity contribution in [3.8, 4) is 0 Å². The van der Waals surface area contributed by atoms with Gasteiger partial charge in [0, 0.05) is 39.8 Å². The molecule has 0 bridgehead atoms. The van der Waals surface area contributed by atoms with E-state index in [9.17, 15) is 38.2 Å². The quantitative estimate of drug-likeness (QED) is 0.0237. The van der Waals surface area contributed by atoms with Crippen molar-refractivity contribution in [3.05, 3.63) is 23.0 Å². The van der Waals surface area contributed by atoms with E-state index in [-0.39, 0.29) is 125 Å². The number of amides is 2. The summed E-state index contributed by atoms with van der Waals surface area (Å²) < 4.78 is 110. The molecule has 0 aromatic carbocycles. The van der Waals surface area contributed by atoms with Gasteiger partial charge in [0.25, 0.3) is 0 Å². The summed E-state index contributed by atoms with van der Waals surface area (Å²) in [6.45, 7) is 34.9. The fourth-order valence-electron chi connectivity index (χ4n) is 14.0. The van der Waals surface area contributed by atoms with Gasteiger partial charge < -0.3 is 77.2 Å². The second-order valence-corrected chi connectivity index (χ2v) is 40.8. The van der Waals surface area contributed by atoms with Gasteiger partial charge in [0.1, 0.15) is 78.7 Å². The van der Waals surface area contributed by atoms with Gasteiger partial charge in [0.05, 0.1) is 49.6 Å². The number of nitrogens with zero attached hydrogens (tertiary/aromatic N) is 10. The van der Waals surface area contributed by atoms with Crippen molar-refractivity contribution in [3.63, 3.8) is 0 Å². The van der Waals surface area contributed by atoms with Crippen LogP contribution in [-0.4, -0.2) is 230 Å². The molecule has 6 fully saturated rings. The topological polar surface area (TPSA) is 353 Å². The number of ether oxygens (including phenoxy) is 13. The van der Waals surface area contributed by atoms with Gasteiger partial charge in [-0.3, -0.25) is 19.4 Å². The van der Waals surface area contributed by atoms with Crippen molar-refractivity contribution in [2.75, 3.05) is 62.9 Å². The third-order valence-electron chi connectivity index (χ3n) is 18.5. The molecule has 31 nitrogen and oxygen atoms in total. The number of halogens is 2. The number of rotatable bonds is 23. The Morgan fingerprint density at radius 2 is 0.944 bits per heavy atom. The third-order valence-corrected chi connectivity index (χ3v) is 23.6. The van der Waals surface area contributed by atoms with E-state index in [0.717, 1.165) is 51.4 Å². The van der Waals surface area contributed by atoms with Gasteiger partial charge in [-0.1, -0.05) is 25.7 Å². The normalized spacial score (nSPS) is 24.3. The van der Waals surface area contributed by atoms with E-state index >= 15 is 0 Å². The first kappa shape index (κ1) is 90.0. The number of esters is 3. The second-order valence-electron chi connectivity index (χ2n) is 33.2. The van der Waals surface area contributed by atoms with E-state index < -0.39 is 145 Å². The smallest absolute Gasteiger partial charge is 1.00 e. The van der Waals surface area contributed by atoms with Crippen LogP contribution in [0.3, 0.4) is 0 Å². The Bertz CT molecular complexity index is 3930. The van der Waals surface area contributed by atoms with Crippen molar-refractivity contribution in [1.82, 2.24) is 39.5 Å². The molecule has 6 aliphatic rings. The van der Waals surface area contributed by atoms with Crippen LogP contribution in [0.5, 0.6) is 0 Å². The first-order valence-corrected chi connectivity index (χ1v) is 41.9. The molecule has 10 rings (SSSR count). The molecule has 593 valence electrons. The summed E-state index contributed by atoms with van der Waals surface area (Å²) in [5.41, 5.74) is -2.37. The predicted octanol–water partition coefficient (Wildman–Crippen LogP) is 9.37. The summed E-state index contributed by atoms with van der Waals surface area (Å²) in [5.74, 6) is -3.42. The van der Waals surface area contributed by atoms with Crippen molar-refractivity contribution < 1.29 is 131 Å². The van der Waals surface area contributed by atoms with Gasteiger partial charge in [0.15, 0.2) is 47.0 Å². The van der Waals surface area contributed by atoms with E-state index in [1.165, 1.54) is 36.0 Å². The number of aromatic nitrogens is 8. The molecular formula is C70H109BCl2N10NaO21P2. The first-order chi connectivity index (χ1) is 48.5. The molecule has 37 heteroatoms. The maximum absolute atomic E-state index is 14.0. The molecule has 8 heterocycles. The molecule has 2 unspecified atom stereocenters. The van der Waals surface area contributed by atoms with Gasteiger partial charge in [-0.15, -0.1) is 0 Å². The monoisotopic (exact) mass is 1590 g/mol. The van der Waals surface area contributed by atoms with Crippen LogP contribution >= 0.6 is 37.5 Å². The van der Waals surface area contributed by atoms with Crippen molar-refractivity contribution in [1.29, 1.82) is 0 Å². The molecule has 2 saturated carbocycles. The van der Waals surface area contributed by atoms with Crippen LogP contribution in [0.15, 0.2) is 12.4 Å². The average Bonchev–Trinajstić information content (AvgIpc) is 1.58. The summed E-state index contributed by atoms with van der Waals surface area (Å²) in [6, 6.07) is -0.310. The van der Waals surface area contributed by atoms with Crippen LogP contribution in [0.2, 0.25) is 10.6 Å². The Hall–Kier alpha value is -4.21. The molecule has 4 saturated heterocycles. The standard InChI is InChI=1S/C36H55ClN5O11P.C34H53ClN5O10P.B.Na.H/c1-12-47-30(44)36(54(10,11)46,18-17-24(43)50-33(2,3)4)48-20-23-25-26(52-35(8,9)51-25)29(49-23)42-28-22(19-38-42)27(39-31(37)40-28)41(21-15-13-14-16-21)32(45)53-34(5,6)7;1-31(2,3)47-23(42)15-16-34(19-41,51(9,10)44)45-18-22-24-25(49-33(7,8)48-24)28(46-22)40-27-21(17-36-40)26(37-29(35)38-27)39(20-13-11-12-14-20)30(43)50-32(4,5)6;;;/h19,21,23,25-26,29H,12-18,20H2,1-11H3;17,20,22,24-25,28,41H,11-16,18-19H2,1-10H3;;;/q;;;+1;-1/t23-,25-,26-,29-,36?;22-,24-,25-,28-,34?;;;/m11.../s1. The van der Waals surface area contributed by atoms with Gasteiger partial charge in [0.2, 0.25) is 15.9 Å². The van der Waals surface area contributed by atoms with Gasteiger partial charge >= 0.3 is 59.7 Å². The van der Waals surface area contributed by atoms with Gasteiger partial charge in [-0.2, -0.15) is 30.1 Å². The zero-order chi connectivity index (χ0) is 77.8. The summed E-state index contributed by atoms with van der Waals surface area (Å²) >= 11 is 13.1.